The fourth-order valence-corrected chi connectivity index (χ4v) is 4.85. The molecular weight excluding hydrogens is 456 g/mol. The number of aromatic nitrogens is 1. The number of halogens is 1. The molecule has 0 saturated carbocycles. The molecule has 3 aromatic rings. The van der Waals surface area contributed by atoms with Crippen molar-refractivity contribution in [1.29, 1.82) is 0 Å². The van der Waals surface area contributed by atoms with E-state index in [-0.39, 0.29) is 17.9 Å². The number of rotatable bonds is 6. The summed E-state index contributed by atoms with van der Waals surface area (Å²) < 4.78 is 7.42. The van der Waals surface area contributed by atoms with Crippen LogP contribution in [0.4, 0.5) is 5.69 Å². The van der Waals surface area contributed by atoms with E-state index in [1.165, 1.54) is 11.8 Å². The number of aliphatic hydroxyl groups is 1. The molecule has 5 nitrogen and oxygen atoms in total. The number of aliphatic imine (C=N–C) groups is 1. The predicted octanol–water partition coefficient (Wildman–Crippen LogP) is 7.14. The third-order valence-electron chi connectivity index (χ3n) is 5.10. The molecule has 0 spiro atoms. The van der Waals surface area contributed by atoms with E-state index in [4.69, 9.17) is 16.3 Å². The van der Waals surface area contributed by atoms with E-state index in [1.807, 2.05) is 18.2 Å². The number of aliphatic hydroxyl groups excluding tert-OH is 1. The van der Waals surface area contributed by atoms with Crippen molar-refractivity contribution in [2.45, 2.75) is 27.3 Å². The van der Waals surface area contributed by atoms with Crippen LogP contribution in [0, 0.1) is 5.92 Å². The van der Waals surface area contributed by atoms with Gasteiger partial charge in [-0.3, -0.25) is 0 Å². The lowest BCUT2D eigenvalue weighted by Crippen LogP contribution is -2.12. The van der Waals surface area contributed by atoms with Crippen LogP contribution in [-0.4, -0.2) is 27.3 Å². The highest BCUT2D eigenvalue weighted by molar-refractivity contribution is 8.18. The van der Waals surface area contributed by atoms with Crippen LogP contribution in [0.5, 0.6) is 0 Å². The number of ether oxygens (including phenoxy) is 1. The van der Waals surface area contributed by atoms with Crippen molar-refractivity contribution in [3.63, 3.8) is 0 Å². The number of benzene rings is 2. The molecular formula is C26H25ClN2O3S. The molecule has 2 aromatic carbocycles. The Kier molecular flexibility index (Phi) is 6.96. The number of nitrogens with zero attached hydrogens (tertiary/aromatic N) is 2. The van der Waals surface area contributed by atoms with Gasteiger partial charge in [-0.15, -0.1) is 0 Å². The molecule has 33 heavy (non-hydrogen) atoms. The van der Waals surface area contributed by atoms with Gasteiger partial charge in [0.25, 0.3) is 0 Å². The molecule has 2 heterocycles. The molecule has 1 aromatic heterocycles. The number of thioether (sulfide) groups is 1. The average molecular weight is 481 g/mol. The number of esters is 1. The molecule has 1 aliphatic rings. The highest BCUT2D eigenvalue weighted by Crippen LogP contribution is 2.41. The number of fused-ring (bicyclic) bond motifs is 1. The van der Waals surface area contributed by atoms with Gasteiger partial charge in [0.15, 0.2) is 0 Å². The molecule has 0 saturated heterocycles. The van der Waals surface area contributed by atoms with E-state index < -0.39 is 5.97 Å². The normalized spacial score (nSPS) is 16.5. The van der Waals surface area contributed by atoms with Crippen molar-refractivity contribution in [1.82, 2.24) is 4.57 Å². The Labute approximate surface area is 202 Å². The molecule has 0 radical (unpaired) electrons. The minimum atomic E-state index is -0.596. The molecule has 0 atom stereocenters. The third-order valence-corrected chi connectivity index (χ3v) is 6.37. The van der Waals surface area contributed by atoms with Gasteiger partial charge in [-0.1, -0.05) is 55.4 Å². The lowest BCUT2D eigenvalue weighted by molar-refractivity contribution is -0.138. The smallest absolute Gasteiger partial charge is 0.344 e. The Morgan fingerprint density at radius 1 is 1.21 bits per heavy atom. The van der Waals surface area contributed by atoms with Gasteiger partial charge in [0.1, 0.15) is 16.4 Å². The summed E-state index contributed by atoms with van der Waals surface area (Å²) in [7, 11) is 0. The summed E-state index contributed by atoms with van der Waals surface area (Å²) in [6, 6.07) is 15.2. The number of carbonyl (C=O) groups excluding carboxylic acids is 1. The highest BCUT2D eigenvalue weighted by atomic mass is 35.5. The van der Waals surface area contributed by atoms with Crippen LogP contribution in [0.15, 0.2) is 76.0 Å². The number of para-hydroxylation sites is 1. The van der Waals surface area contributed by atoms with Crippen LogP contribution >= 0.6 is 23.4 Å². The van der Waals surface area contributed by atoms with Gasteiger partial charge in [-0.05, 0) is 49.2 Å². The van der Waals surface area contributed by atoms with Crippen LogP contribution in [0.25, 0.3) is 17.0 Å². The largest absolute Gasteiger partial charge is 0.506 e. The van der Waals surface area contributed by atoms with Crippen LogP contribution in [-0.2, 0) is 16.1 Å². The predicted molar refractivity (Wildman–Crippen MR) is 137 cm³/mol. The second-order valence-corrected chi connectivity index (χ2v) is 9.56. The zero-order valence-corrected chi connectivity index (χ0v) is 20.3. The monoisotopic (exact) mass is 480 g/mol. The van der Waals surface area contributed by atoms with Crippen molar-refractivity contribution in [2.24, 2.45) is 10.9 Å². The maximum Gasteiger partial charge on any atom is 0.344 e. The SMILES string of the molecule is CCOC(=O)C1=C(O)/C(=C/c2cn(CC(C)C)c3ccccc23)SC1=Nc1ccc(Cl)cc1. The van der Waals surface area contributed by atoms with E-state index in [0.29, 0.717) is 26.6 Å². The van der Waals surface area contributed by atoms with Crippen LogP contribution in [0.2, 0.25) is 5.02 Å². The zero-order chi connectivity index (χ0) is 23.5. The van der Waals surface area contributed by atoms with Crippen LogP contribution in [0.1, 0.15) is 26.3 Å². The van der Waals surface area contributed by atoms with Crippen LogP contribution in [0.3, 0.4) is 0 Å². The highest BCUT2D eigenvalue weighted by Gasteiger charge is 2.33. The van der Waals surface area contributed by atoms with Gasteiger partial charge in [-0.2, -0.15) is 0 Å². The van der Waals surface area contributed by atoms with E-state index in [1.54, 1.807) is 31.2 Å². The first-order valence-corrected chi connectivity index (χ1v) is 12.0. The lowest BCUT2D eigenvalue weighted by atomic mass is 10.1. The minimum Gasteiger partial charge on any atom is -0.506 e. The number of hydrogen-bond donors (Lipinski definition) is 1. The summed E-state index contributed by atoms with van der Waals surface area (Å²) in [5.74, 6) is -0.225. The maximum atomic E-state index is 12.7. The number of hydrogen-bond acceptors (Lipinski definition) is 5. The molecule has 170 valence electrons. The first-order valence-electron chi connectivity index (χ1n) is 10.8. The first-order chi connectivity index (χ1) is 15.9. The quantitative estimate of drug-likeness (QED) is 0.380. The molecule has 0 aliphatic carbocycles. The van der Waals surface area contributed by atoms with Gasteiger partial charge < -0.3 is 14.4 Å². The lowest BCUT2D eigenvalue weighted by Gasteiger charge is -2.07. The number of carbonyl (C=O) groups is 1. The van der Waals surface area contributed by atoms with Gasteiger partial charge in [0.2, 0.25) is 0 Å². The summed E-state index contributed by atoms with van der Waals surface area (Å²) in [5, 5.41) is 13.1. The fourth-order valence-electron chi connectivity index (χ4n) is 3.70. The first kappa shape index (κ1) is 23.2. The Morgan fingerprint density at radius 2 is 1.94 bits per heavy atom. The molecule has 1 N–H and O–H groups in total. The average Bonchev–Trinajstić information content (AvgIpc) is 3.27. The van der Waals surface area contributed by atoms with Crippen molar-refractivity contribution in [2.75, 3.05) is 6.61 Å². The van der Waals surface area contributed by atoms with Gasteiger partial charge in [-0.25, -0.2) is 9.79 Å². The van der Waals surface area contributed by atoms with Crippen molar-refractivity contribution in [3.05, 3.63) is 81.6 Å². The second-order valence-electron chi connectivity index (χ2n) is 8.10. The second kappa shape index (κ2) is 9.89. The molecule has 0 amide bonds. The Morgan fingerprint density at radius 3 is 2.64 bits per heavy atom. The van der Waals surface area contributed by atoms with Gasteiger partial charge in [0, 0.05) is 34.2 Å². The molecule has 0 fully saturated rings. The van der Waals surface area contributed by atoms with Crippen LogP contribution < -0.4 is 0 Å². The summed E-state index contributed by atoms with van der Waals surface area (Å²) in [6.07, 6.45) is 3.99. The summed E-state index contributed by atoms with van der Waals surface area (Å²) in [5.41, 5.74) is 2.81. The van der Waals surface area contributed by atoms with E-state index in [9.17, 15) is 9.90 Å². The maximum absolute atomic E-state index is 12.7. The standard InChI is InChI=1S/C26H25ClN2O3S/c1-4-32-26(31)23-24(30)22(33-25(23)28-19-11-9-18(27)10-12-19)13-17-15-29(14-16(2)3)21-8-6-5-7-20(17)21/h5-13,15-16,30H,4,14H2,1-3H3/b22-13-,28-25?. The minimum absolute atomic E-state index is 0.0777. The van der Waals surface area contributed by atoms with Gasteiger partial charge in [0.05, 0.1) is 17.2 Å². The summed E-state index contributed by atoms with van der Waals surface area (Å²) in [4.78, 5) is 17.8. The van der Waals surface area contributed by atoms with Crippen molar-refractivity contribution in [3.8, 4) is 0 Å². The molecule has 4 rings (SSSR count). The Bertz CT molecular complexity index is 1290. The molecule has 1 aliphatic heterocycles. The third kappa shape index (κ3) is 5.02. The molecule has 0 unspecified atom stereocenters. The van der Waals surface area contributed by atoms with E-state index in [2.05, 4.69) is 41.7 Å². The Balaban J connectivity index is 1.80. The van der Waals surface area contributed by atoms with Crippen molar-refractivity contribution < 1.29 is 14.6 Å². The van der Waals surface area contributed by atoms with Gasteiger partial charge >= 0.3 is 5.97 Å². The summed E-state index contributed by atoms with van der Waals surface area (Å²) >= 11 is 7.23. The van der Waals surface area contributed by atoms with Crippen molar-refractivity contribution >= 4 is 57.0 Å². The fraction of sp³-hybridized carbons (Fsp3) is 0.231. The van der Waals surface area contributed by atoms with E-state index >= 15 is 0 Å². The molecule has 0 bridgehead atoms. The Hall–Kier alpha value is -2.96. The zero-order valence-electron chi connectivity index (χ0n) is 18.7. The molecule has 7 heteroatoms. The van der Waals surface area contributed by atoms with E-state index in [0.717, 1.165) is 23.0 Å². The summed E-state index contributed by atoms with van der Waals surface area (Å²) in [6.45, 7) is 7.18. The topological polar surface area (TPSA) is 63.8 Å².